The average Bonchev–Trinajstić information content (AvgIpc) is 2.94. The number of halogens is 1. The summed E-state index contributed by atoms with van der Waals surface area (Å²) in [7, 11) is 0. The fourth-order valence-electron chi connectivity index (χ4n) is 5.09. The second-order valence-electron chi connectivity index (χ2n) is 13.5. The van der Waals surface area contributed by atoms with E-state index in [2.05, 4.69) is 10.6 Å². The molecule has 0 aromatic heterocycles. The van der Waals surface area contributed by atoms with Crippen molar-refractivity contribution in [3.63, 3.8) is 0 Å². The maximum Gasteiger partial charge on any atom is 0.307 e. The van der Waals surface area contributed by atoms with Crippen LogP contribution in [0.4, 0.5) is 0 Å². The number of hydrogen-bond acceptors (Lipinski definition) is 4. The Balaban J connectivity index is 1.72. The molecule has 0 aliphatic heterocycles. The first-order valence-electron chi connectivity index (χ1n) is 15.4. The summed E-state index contributed by atoms with van der Waals surface area (Å²) in [5, 5.41) is 6.70. The van der Waals surface area contributed by atoms with E-state index >= 15 is 0 Å². The van der Waals surface area contributed by atoms with Crippen LogP contribution in [-0.2, 0) is 25.5 Å². The number of carbonyl (C=O) groups is 3. The van der Waals surface area contributed by atoms with E-state index in [0.29, 0.717) is 24.3 Å². The van der Waals surface area contributed by atoms with E-state index in [9.17, 15) is 14.4 Å². The maximum absolute atomic E-state index is 13.7. The molecule has 0 fully saturated rings. The van der Waals surface area contributed by atoms with Crippen LogP contribution in [-0.4, -0.2) is 29.4 Å². The van der Waals surface area contributed by atoms with E-state index in [1.807, 2.05) is 107 Å². The van der Waals surface area contributed by atoms with Gasteiger partial charge in [0.15, 0.2) is 0 Å². The highest BCUT2D eigenvalue weighted by Gasteiger charge is 2.36. The van der Waals surface area contributed by atoms with E-state index < -0.39 is 28.9 Å². The van der Waals surface area contributed by atoms with Crippen LogP contribution < -0.4 is 10.6 Å². The molecule has 0 bridgehead atoms. The molecule has 3 unspecified atom stereocenters. The van der Waals surface area contributed by atoms with Gasteiger partial charge in [0.25, 0.3) is 0 Å². The fourth-order valence-corrected chi connectivity index (χ4v) is 5.40. The minimum atomic E-state index is -0.799. The van der Waals surface area contributed by atoms with Crippen LogP contribution in [0.15, 0.2) is 78.9 Å². The first kappa shape index (κ1) is 34.8. The summed E-state index contributed by atoms with van der Waals surface area (Å²) in [6, 6.07) is 24.6. The summed E-state index contributed by atoms with van der Waals surface area (Å²) in [5.41, 5.74) is 2.80. The van der Waals surface area contributed by atoms with Gasteiger partial charge in [-0.2, -0.15) is 0 Å². The van der Waals surface area contributed by atoms with Crippen LogP contribution in [0, 0.1) is 11.3 Å². The van der Waals surface area contributed by atoms with Gasteiger partial charge in [-0.05, 0) is 75.1 Å². The van der Waals surface area contributed by atoms with E-state index in [-0.39, 0.29) is 24.3 Å². The van der Waals surface area contributed by atoms with Gasteiger partial charge in [0.1, 0.15) is 11.6 Å². The number of benzene rings is 3. The van der Waals surface area contributed by atoms with E-state index in [0.717, 1.165) is 22.3 Å². The van der Waals surface area contributed by atoms with E-state index in [1.165, 1.54) is 0 Å². The molecule has 6 nitrogen and oxygen atoms in total. The fraction of sp³-hybridized carbons (Fsp3) is 0.432. The lowest BCUT2D eigenvalue weighted by molar-refractivity contribution is -0.157. The quantitative estimate of drug-likeness (QED) is 0.201. The largest absolute Gasteiger partial charge is 0.460 e. The summed E-state index contributed by atoms with van der Waals surface area (Å²) in [5.74, 6) is -1.71. The summed E-state index contributed by atoms with van der Waals surface area (Å²) in [6.45, 7) is 13.1. The zero-order valence-corrected chi connectivity index (χ0v) is 27.8. The molecule has 3 aromatic rings. The summed E-state index contributed by atoms with van der Waals surface area (Å²) in [4.78, 5) is 40.1. The van der Waals surface area contributed by atoms with Crippen molar-refractivity contribution in [3.8, 4) is 11.1 Å². The number of carbonyl (C=O) groups excluding carboxylic acids is 3. The molecule has 0 radical (unpaired) electrons. The Hall–Kier alpha value is -3.64. The first-order valence-corrected chi connectivity index (χ1v) is 15.7. The molecule has 0 aliphatic carbocycles. The Morgan fingerprint density at radius 1 is 0.818 bits per heavy atom. The molecule has 0 saturated heterocycles. The van der Waals surface area contributed by atoms with Crippen molar-refractivity contribution in [1.29, 1.82) is 0 Å². The van der Waals surface area contributed by atoms with Crippen LogP contribution in [0.1, 0.15) is 84.9 Å². The van der Waals surface area contributed by atoms with Gasteiger partial charge >= 0.3 is 5.97 Å². The third-order valence-electron chi connectivity index (χ3n) is 7.41. The highest BCUT2D eigenvalue weighted by atomic mass is 35.5. The van der Waals surface area contributed by atoms with Crippen molar-refractivity contribution in [3.05, 3.63) is 95.0 Å². The van der Waals surface area contributed by atoms with Gasteiger partial charge in [-0.15, -0.1) is 0 Å². The molecule has 7 heteroatoms. The highest BCUT2D eigenvalue weighted by Crippen LogP contribution is 2.30. The number of esters is 1. The summed E-state index contributed by atoms with van der Waals surface area (Å²) >= 11 is 6.63. The molecule has 44 heavy (non-hydrogen) atoms. The van der Waals surface area contributed by atoms with Gasteiger partial charge < -0.3 is 15.4 Å². The molecule has 0 aliphatic rings. The van der Waals surface area contributed by atoms with Gasteiger partial charge in [-0.3, -0.25) is 14.4 Å². The summed E-state index contributed by atoms with van der Waals surface area (Å²) < 4.78 is 5.56. The third kappa shape index (κ3) is 10.8. The molecule has 3 atom stereocenters. The summed E-state index contributed by atoms with van der Waals surface area (Å²) in [6.07, 6.45) is 1.71. The number of aryl methyl sites for hydroxylation is 1. The van der Waals surface area contributed by atoms with Crippen LogP contribution in [0.2, 0.25) is 5.02 Å². The second-order valence-corrected chi connectivity index (χ2v) is 13.9. The standard InChI is InChI=1S/C37H47ClN2O4/c1-25(27-16-10-8-11-17-27)39-35(43)33(36(2,3)4)40-34(42)29(24-32(41)44-37(5,6)7)20-14-15-26-21-22-30(31(38)23-26)28-18-12-9-13-19-28/h8-13,16-19,21-23,25,29,33H,14-15,20,24H2,1-7H3,(H,39,43)(H,40,42). The molecular weight excluding hydrogens is 572 g/mol. The van der Waals surface area contributed by atoms with Gasteiger partial charge in [-0.25, -0.2) is 0 Å². The lowest BCUT2D eigenvalue weighted by Crippen LogP contribution is -2.55. The Morgan fingerprint density at radius 2 is 1.43 bits per heavy atom. The Labute approximate surface area is 267 Å². The maximum atomic E-state index is 13.7. The normalized spacial score (nSPS) is 13.8. The molecule has 236 valence electrons. The highest BCUT2D eigenvalue weighted by molar-refractivity contribution is 6.33. The molecule has 0 heterocycles. The number of amides is 2. The van der Waals surface area contributed by atoms with Crippen molar-refractivity contribution in [2.24, 2.45) is 11.3 Å². The van der Waals surface area contributed by atoms with Crippen molar-refractivity contribution in [1.82, 2.24) is 10.6 Å². The van der Waals surface area contributed by atoms with E-state index in [1.54, 1.807) is 20.8 Å². The predicted octanol–water partition coefficient (Wildman–Crippen LogP) is 8.09. The third-order valence-corrected chi connectivity index (χ3v) is 7.73. The van der Waals surface area contributed by atoms with Gasteiger partial charge in [0.2, 0.25) is 11.8 Å². The minimum Gasteiger partial charge on any atom is -0.460 e. The smallest absolute Gasteiger partial charge is 0.307 e. The molecular formula is C37H47ClN2O4. The van der Waals surface area contributed by atoms with Crippen molar-refractivity contribution >= 4 is 29.4 Å². The molecule has 2 N–H and O–H groups in total. The topological polar surface area (TPSA) is 84.5 Å². The molecule has 0 saturated carbocycles. The Kier molecular flexibility index (Phi) is 12.2. The molecule has 2 amide bonds. The number of rotatable bonds is 12. The molecule has 0 spiro atoms. The van der Waals surface area contributed by atoms with Crippen LogP contribution in [0.25, 0.3) is 11.1 Å². The Bertz CT molecular complexity index is 1390. The zero-order valence-electron chi connectivity index (χ0n) is 27.1. The van der Waals surface area contributed by atoms with Crippen LogP contribution in [0.3, 0.4) is 0 Å². The SMILES string of the molecule is CC(NC(=O)C(NC(=O)C(CCCc1ccc(-c2ccccc2)c(Cl)c1)CC(=O)OC(C)(C)C)C(C)(C)C)c1ccccc1. The number of ether oxygens (including phenoxy) is 1. The van der Waals surface area contributed by atoms with Gasteiger partial charge in [0.05, 0.1) is 12.5 Å². The average molecular weight is 619 g/mol. The van der Waals surface area contributed by atoms with Gasteiger partial charge in [-0.1, -0.05) is 105 Å². The number of hydrogen-bond donors (Lipinski definition) is 2. The van der Waals surface area contributed by atoms with Crippen molar-refractivity contribution in [2.45, 2.75) is 91.8 Å². The molecule has 3 aromatic carbocycles. The van der Waals surface area contributed by atoms with Crippen molar-refractivity contribution in [2.75, 3.05) is 0 Å². The Morgan fingerprint density at radius 3 is 2.00 bits per heavy atom. The lowest BCUT2D eigenvalue weighted by atomic mass is 9.85. The zero-order chi connectivity index (χ0) is 32.5. The minimum absolute atomic E-state index is 0.0737. The van der Waals surface area contributed by atoms with Gasteiger partial charge in [0, 0.05) is 16.5 Å². The monoisotopic (exact) mass is 618 g/mol. The lowest BCUT2D eigenvalue weighted by Gasteiger charge is -2.33. The molecule has 3 rings (SSSR count). The number of nitrogens with one attached hydrogen (secondary N) is 2. The van der Waals surface area contributed by atoms with E-state index in [4.69, 9.17) is 16.3 Å². The predicted molar refractivity (Wildman–Crippen MR) is 178 cm³/mol. The van der Waals surface area contributed by atoms with Crippen LogP contribution >= 0.6 is 11.6 Å². The van der Waals surface area contributed by atoms with Crippen molar-refractivity contribution < 1.29 is 19.1 Å². The second kappa shape index (κ2) is 15.4. The van der Waals surface area contributed by atoms with Crippen LogP contribution in [0.5, 0.6) is 0 Å². The first-order chi connectivity index (χ1) is 20.6.